The maximum Gasteiger partial charge on any atom is 0.404 e. The molecule has 0 bridgehead atoms. The van der Waals surface area contributed by atoms with Gasteiger partial charge in [-0.3, -0.25) is 4.79 Å². The SMILES string of the molecule is CCOC(=O)C1CCCC(NCCOC(N)=O)C1. The lowest BCUT2D eigenvalue weighted by Crippen LogP contribution is -2.38. The fraction of sp³-hybridized carbons (Fsp3) is 0.833. The first-order valence-corrected chi connectivity index (χ1v) is 6.45. The Hall–Kier alpha value is -1.30. The van der Waals surface area contributed by atoms with Crippen molar-refractivity contribution in [1.82, 2.24) is 5.32 Å². The van der Waals surface area contributed by atoms with Gasteiger partial charge in [0.2, 0.25) is 0 Å². The van der Waals surface area contributed by atoms with Gasteiger partial charge in [0.1, 0.15) is 6.61 Å². The molecule has 6 heteroatoms. The van der Waals surface area contributed by atoms with E-state index in [1.165, 1.54) is 0 Å². The van der Waals surface area contributed by atoms with Crippen LogP contribution in [0.3, 0.4) is 0 Å². The Kier molecular flexibility index (Phi) is 6.49. The maximum absolute atomic E-state index is 11.6. The van der Waals surface area contributed by atoms with Crippen LogP contribution in [0.5, 0.6) is 0 Å². The Balaban J connectivity index is 2.22. The van der Waals surface area contributed by atoms with Crippen molar-refractivity contribution in [3.8, 4) is 0 Å². The molecule has 1 aliphatic carbocycles. The number of carbonyl (C=O) groups excluding carboxylic acids is 2. The van der Waals surface area contributed by atoms with Gasteiger partial charge in [-0.25, -0.2) is 4.79 Å². The number of nitrogens with one attached hydrogen (secondary N) is 1. The van der Waals surface area contributed by atoms with Gasteiger partial charge in [-0.05, 0) is 26.2 Å². The van der Waals surface area contributed by atoms with E-state index in [0.717, 1.165) is 25.7 Å². The zero-order chi connectivity index (χ0) is 13.4. The summed E-state index contributed by atoms with van der Waals surface area (Å²) < 4.78 is 9.66. The molecule has 3 N–H and O–H groups in total. The summed E-state index contributed by atoms with van der Waals surface area (Å²) in [5.41, 5.74) is 4.86. The average Bonchev–Trinajstić information content (AvgIpc) is 2.35. The number of esters is 1. The predicted octanol–water partition coefficient (Wildman–Crippen LogP) is 0.793. The highest BCUT2D eigenvalue weighted by atomic mass is 16.5. The Morgan fingerprint density at radius 2 is 2.11 bits per heavy atom. The summed E-state index contributed by atoms with van der Waals surface area (Å²) in [5, 5.41) is 3.26. The van der Waals surface area contributed by atoms with Crippen LogP contribution in [0.25, 0.3) is 0 Å². The lowest BCUT2D eigenvalue weighted by molar-refractivity contribution is -0.149. The quantitative estimate of drug-likeness (QED) is 0.543. The molecule has 0 aromatic carbocycles. The molecule has 1 fully saturated rings. The lowest BCUT2D eigenvalue weighted by Gasteiger charge is -2.28. The van der Waals surface area contributed by atoms with Gasteiger partial charge < -0.3 is 20.5 Å². The van der Waals surface area contributed by atoms with Crippen LogP contribution in [0.15, 0.2) is 0 Å². The van der Waals surface area contributed by atoms with Gasteiger partial charge in [0, 0.05) is 12.6 Å². The number of hydrogen-bond donors (Lipinski definition) is 2. The summed E-state index contributed by atoms with van der Waals surface area (Å²) in [7, 11) is 0. The van der Waals surface area contributed by atoms with Crippen LogP contribution in [0, 0.1) is 5.92 Å². The molecule has 0 aliphatic heterocycles. The third kappa shape index (κ3) is 5.35. The van der Waals surface area contributed by atoms with E-state index >= 15 is 0 Å². The molecule has 2 unspecified atom stereocenters. The number of amides is 1. The van der Waals surface area contributed by atoms with Crippen molar-refractivity contribution in [3.63, 3.8) is 0 Å². The largest absolute Gasteiger partial charge is 0.466 e. The highest BCUT2D eigenvalue weighted by Gasteiger charge is 2.27. The molecule has 6 nitrogen and oxygen atoms in total. The number of ether oxygens (including phenoxy) is 2. The molecule has 18 heavy (non-hydrogen) atoms. The maximum atomic E-state index is 11.6. The van der Waals surface area contributed by atoms with E-state index in [9.17, 15) is 9.59 Å². The summed E-state index contributed by atoms with van der Waals surface area (Å²) in [6.07, 6.45) is 2.97. The molecule has 1 amide bonds. The molecule has 2 atom stereocenters. The predicted molar refractivity (Wildman–Crippen MR) is 65.9 cm³/mol. The smallest absolute Gasteiger partial charge is 0.404 e. The van der Waals surface area contributed by atoms with Gasteiger partial charge >= 0.3 is 12.1 Å². The molecule has 0 aromatic rings. The molecular weight excluding hydrogens is 236 g/mol. The fourth-order valence-electron chi connectivity index (χ4n) is 2.26. The van der Waals surface area contributed by atoms with E-state index in [2.05, 4.69) is 10.1 Å². The van der Waals surface area contributed by atoms with E-state index in [-0.39, 0.29) is 24.5 Å². The van der Waals surface area contributed by atoms with Gasteiger partial charge in [-0.15, -0.1) is 0 Å². The van der Waals surface area contributed by atoms with Gasteiger partial charge in [0.05, 0.1) is 12.5 Å². The minimum absolute atomic E-state index is 0.00624. The molecule has 1 saturated carbocycles. The summed E-state index contributed by atoms with van der Waals surface area (Å²) in [6.45, 7) is 3.07. The minimum Gasteiger partial charge on any atom is -0.466 e. The third-order valence-corrected chi connectivity index (χ3v) is 3.07. The molecule has 0 heterocycles. The molecule has 1 aliphatic rings. The standard InChI is InChI=1S/C12H22N2O4/c1-2-17-11(15)9-4-3-5-10(8-9)14-6-7-18-12(13)16/h9-10,14H,2-8H2,1H3,(H2,13,16). The second kappa shape index (κ2) is 7.92. The number of primary amides is 1. The van der Waals surface area contributed by atoms with Crippen LogP contribution < -0.4 is 11.1 Å². The second-order valence-corrected chi connectivity index (χ2v) is 4.43. The second-order valence-electron chi connectivity index (χ2n) is 4.43. The molecule has 0 radical (unpaired) electrons. The zero-order valence-corrected chi connectivity index (χ0v) is 10.8. The fourth-order valence-corrected chi connectivity index (χ4v) is 2.26. The van der Waals surface area contributed by atoms with Crippen LogP contribution in [0.2, 0.25) is 0 Å². The molecule has 0 saturated heterocycles. The summed E-state index contributed by atoms with van der Waals surface area (Å²) >= 11 is 0. The lowest BCUT2D eigenvalue weighted by atomic mass is 9.86. The summed E-state index contributed by atoms with van der Waals surface area (Å²) in [6, 6.07) is 0.282. The first kappa shape index (κ1) is 14.8. The van der Waals surface area contributed by atoms with Crippen molar-refractivity contribution in [2.45, 2.75) is 38.6 Å². The van der Waals surface area contributed by atoms with Crippen molar-refractivity contribution in [2.75, 3.05) is 19.8 Å². The van der Waals surface area contributed by atoms with E-state index in [1.807, 2.05) is 6.92 Å². The van der Waals surface area contributed by atoms with Crippen LogP contribution in [-0.4, -0.2) is 37.9 Å². The number of nitrogens with two attached hydrogens (primary N) is 1. The Bertz CT molecular complexity index is 283. The molecule has 0 spiro atoms. The monoisotopic (exact) mass is 258 g/mol. The van der Waals surface area contributed by atoms with Crippen LogP contribution >= 0.6 is 0 Å². The Morgan fingerprint density at radius 3 is 2.78 bits per heavy atom. The number of carbonyl (C=O) groups is 2. The molecule has 1 rings (SSSR count). The normalized spacial score (nSPS) is 23.4. The highest BCUT2D eigenvalue weighted by Crippen LogP contribution is 2.25. The molecule has 0 aromatic heterocycles. The van der Waals surface area contributed by atoms with E-state index in [1.54, 1.807) is 0 Å². The first-order valence-electron chi connectivity index (χ1n) is 6.45. The van der Waals surface area contributed by atoms with Crippen molar-refractivity contribution in [1.29, 1.82) is 0 Å². The van der Waals surface area contributed by atoms with Gasteiger partial charge in [0.15, 0.2) is 0 Å². The number of rotatable bonds is 6. The Morgan fingerprint density at radius 1 is 1.33 bits per heavy atom. The number of hydrogen-bond acceptors (Lipinski definition) is 5. The summed E-state index contributed by atoms with van der Waals surface area (Å²) in [4.78, 5) is 22.0. The third-order valence-electron chi connectivity index (χ3n) is 3.07. The highest BCUT2D eigenvalue weighted by molar-refractivity contribution is 5.72. The van der Waals surface area contributed by atoms with E-state index in [4.69, 9.17) is 10.5 Å². The average molecular weight is 258 g/mol. The molecule has 104 valence electrons. The van der Waals surface area contributed by atoms with Crippen molar-refractivity contribution >= 4 is 12.1 Å². The van der Waals surface area contributed by atoms with Crippen LogP contribution in [0.4, 0.5) is 4.79 Å². The van der Waals surface area contributed by atoms with Crippen molar-refractivity contribution in [3.05, 3.63) is 0 Å². The van der Waals surface area contributed by atoms with Gasteiger partial charge in [-0.2, -0.15) is 0 Å². The minimum atomic E-state index is -0.759. The zero-order valence-electron chi connectivity index (χ0n) is 10.8. The van der Waals surface area contributed by atoms with Crippen molar-refractivity contribution in [2.24, 2.45) is 11.7 Å². The molecular formula is C12H22N2O4. The van der Waals surface area contributed by atoms with Crippen LogP contribution in [-0.2, 0) is 14.3 Å². The van der Waals surface area contributed by atoms with Gasteiger partial charge in [0.25, 0.3) is 0 Å². The first-order chi connectivity index (χ1) is 8.63. The van der Waals surface area contributed by atoms with Crippen LogP contribution in [0.1, 0.15) is 32.6 Å². The Labute approximate surface area is 107 Å². The summed E-state index contributed by atoms with van der Waals surface area (Å²) in [5.74, 6) is -0.106. The van der Waals surface area contributed by atoms with Crippen molar-refractivity contribution < 1.29 is 19.1 Å². The van der Waals surface area contributed by atoms with E-state index < -0.39 is 6.09 Å². The van der Waals surface area contributed by atoms with Gasteiger partial charge in [-0.1, -0.05) is 6.42 Å². The topological polar surface area (TPSA) is 90.7 Å². The van der Waals surface area contributed by atoms with E-state index in [0.29, 0.717) is 13.2 Å².